The number of aromatic amines is 1. The Hall–Kier alpha value is -2.47. The Balaban J connectivity index is 1.88. The van der Waals surface area contributed by atoms with E-state index in [1.807, 2.05) is 31.2 Å². The predicted molar refractivity (Wildman–Crippen MR) is 85.6 cm³/mol. The molecule has 7 heteroatoms. The molecule has 0 saturated carbocycles. The predicted octanol–water partition coefficient (Wildman–Crippen LogP) is 2.71. The van der Waals surface area contributed by atoms with Crippen LogP contribution in [-0.4, -0.2) is 30.6 Å². The third-order valence-electron chi connectivity index (χ3n) is 3.18. The van der Waals surface area contributed by atoms with Gasteiger partial charge in [0.1, 0.15) is 11.4 Å². The Kier molecular flexibility index (Phi) is 5.65. The second-order valence-electron chi connectivity index (χ2n) is 4.84. The molecule has 0 saturated heterocycles. The van der Waals surface area contributed by atoms with E-state index >= 15 is 0 Å². The Morgan fingerprint density at radius 1 is 1.35 bits per heavy atom. The van der Waals surface area contributed by atoms with Crippen LogP contribution in [0.4, 0.5) is 0 Å². The van der Waals surface area contributed by atoms with Crippen molar-refractivity contribution in [2.24, 2.45) is 0 Å². The number of amides is 1. The van der Waals surface area contributed by atoms with Crippen LogP contribution in [0.25, 0.3) is 0 Å². The number of esters is 1. The van der Waals surface area contributed by atoms with E-state index in [4.69, 9.17) is 21.1 Å². The highest BCUT2D eigenvalue weighted by Crippen LogP contribution is 2.24. The molecule has 0 spiro atoms. The molecule has 1 amide bonds. The van der Waals surface area contributed by atoms with Crippen molar-refractivity contribution in [2.75, 3.05) is 13.7 Å². The quantitative estimate of drug-likeness (QED) is 0.795. The number of hydrogen-bond acceptors (Lipinski definition) is 4. The number of aromatic nitrogens is 1. The molecule has 1 unspecified atom stereocenters. The van der Waals surface area contributed by atoms with Gasteiger partial charge in [0.2, 0.25) is 0 Å². The molecule has 23 heavy (non-hydrogen) atoms. The highest BCUT2D eigenvalue weighted by Gasteiger charge is 2.16. The highest BCUT2D eigenvalue weighted by atomic mass is 35.5. The third kappa shape index (κ3) is 4.50. The number of para-hydroxylation sites is 1. The van der Waals surface area contributed by atoms with Crippen LogP contribution in [-0.2, 0) is 9.53 Å². The van der Waals surface area contributed by atoms with Crippen molar-refractivity contribution >= 4 is 23.5 Å². The monoisotopic (exact) mass is 336 g/mol. The zero-order valence-electron chi connectivity index (χ0n) is 12.8. The zero-order valence-corrected chi connectivity index (χ0v) is 13.5. The lowest BCUT2D eigenvalue weighted by Crippen LogP contribution is -2.31. The Bertz CT molecular complexity index is 699. The lowest BCUT2D eigenvalue weighted by molar-refractivity contribution is -0.124. The van der Waals surface area contributed by atoms with Crippen LogP contribution in [0.2, 0.25) is 5.02 Å². The van der Waals surface area contributed by atoms with Gasteiger partial charge in [-0.25, -0.2) is 4.79 Å². The molecule has 0 bridgehead atoms. The second kappa shape index (κ2) is 7.69. The van der Waals surface area contributed by atoms with Crippen LogP contribution in [0.5, 0.6) is 5.75 Å². The number of H-pyrrole nitrogens is 1. The smallest absolute Gasteiger partial charge is 0.355 e. The van der Waals surface area contributed by atoms with Gasteiger partial charge in [-0.3, -0.25) is 4.79 Å². The topological polar surface area (TPSA) is 80.4 Å². The summed E-state index contributed by atoms with van der Waals surface area (Å²) in [6.07, 6.45) is 1.46. The second-order valence-corrected chi connectivity index (χ2v) is 5.28. The Morgan fingerprint density at radius 2 is 2.09 bits per heavy atom. The fraction of sp³-hybridized carbons (Fsp3) is 0.250. The minimum Gasteiger partial charge on any atom is -0.496 e. The van der Waals surface area contributed by atoms with Gasteiger partial charge >= 0.3 is 5.97 Å². The first-order chi connectivity index (χ1) is 11.0. The molecule has 1 aromatic carbocycles. The van der Waals surface area contributed by atoms with Gasteiger partial charge in [-0.1, -0.05) is 29.8 Å². The molecule has 0 aliphatic rings. The van der Waals surface area contributed by atoms with Gasteiger partial charge in [0.05, 0.1) is 18.2 Å². The van der Waals surface area contributed by atoms with Gasteiger partial charge in [-0.05, 0) is 19.1 Å². The maximum absolute atomic E-state index is 11.9. The number of carbonyl (C=O) groups is 2. The highest BCUT2D eigenvalue weighted by molar-refractivity contribution is 6.30. The molecule has 1 atom stereocenters. The zero-order chi connectivity index (χ0) is 16.8. The molecule has 6 nitrogen and oxygen atoms in total. The maximum Gasteiger partial charge on any atom is 0.355 e. The van der Waals surface area contributed by atoms with Gasteiger partial charge in [0.15, 0.2) is 6.61 Å². The first kappa shape index (κ1) is 16.9. The van der Waals surface area contributed by atoms with E-state index in [0.717, 1.165) is 5.56 Å². The van der Waals surface area contributed by atoms with Crippen molar-refractivity contribution in [2.45, 2.75) is 13.0 Å². The number of nitrogens with one attached hydrogen (secondary N) is 2. The Labute approximate surface area is 138 Å². The number of methoxy groups -OCH3 is 1. The summed E-state index contributed by atoms with van der Waals surface area (Å²) in [6.45, 7) is 1.44. The summed E-state index contributed by atoms with van der Waals surface area (Å²) in [6, 6.07) is 8.52. The fourth-order valence-corrected chi connectivity index (χ4v) is 2.24. The van der Waals surface area contributed by atoms with Gasteiger partial charge in [0, 0.05) is 11.8 Å². The molecule has 1 aromatic heterocycles. The third-order valence-corrected chi connectivity index (χ3v) is 3.40. The molecular weight excluding hydrogens is 320 g/mol. The van der Waals surface area contributed by atoms with E-state index in [1.165, 1.54) is 12.3 Å². The van der Waals surface area contributed by atoms with E-state index in [9.17, 15) is 9.59 Å². The Morgan fingerprint density at radius 3 is 2.74 bits per heavy atom. The number of benzene rings is 1. The fourth-order valence-electron chi connectivity index (χ4n) is 2.08. The summed E-state index contributed by atoms with van der Waals surface area (Å²) in [5.74, 6) is -0.371. The van der Waals surface area contributed by atoms with Gasteiger partial charge < -0.3 is 19.8 Å². The van der Waals surface area contributed by atoms with Crippen LogP contribution in [0, 0.1) is 0 Å². The summed E-state index contributed by atoms with van der Waals surface area (Å²) in [5, 5.41) is 3.15. The average molecular weight is 337 g/mol. The van der Waals surface area contributed by atoms with Crippen LogP contribution >= 0.6 is 11.6 Å². The molecule has 0 aliphatic carbocycles. The maximum atomic E-state index is 11.9. The van der Waals surface area contributed by atoms with E-state index < -0.39 is 11.9 Å². The molecule has 0 aliphatic heterocycles. The lowest BCUT2D eigenvalue weighted by atomic mass is 10.1. The lowest BCUT2D eigenvalue weighted by Gasteiger charge is -2.17. The molecule has 0 radical (unpaired) electrons. The van der Waals surface area contributed by atoms with Crippen molar-refractivity contribution in [3.8, 4) is 5.75 Å². The standard InChI is InChI=1S/C16H17ClN2O4/c1-10(12-5-3-4-6-14(12)22-2)19-15(20)9-23-16(21)13-7-11(17)8-18-13/h3-8,10,18H,9H2,1-2H3,(H,19,20). The minimum absolute atomic E-state index is 0.195. The number of ether oxygens (including phenoxy) is 2. The molecule has 122 valence electrons. The SMILES string of the molecule is COc1ccccc1C(C)NC(=O)COC(=O)c1cc(Cl)c[nH]1. The van der Waals surface area contributed by atoms with Gasteiger partial charge in [0.25, 0.3) is 5.91 Å². The number of hydrogen-bond donors (Lipinski definition) is 2. The van der Waals surface area contributed by atoms with E-state index in [-0.39, 0.29) is 18.3 Å². The van der Waals surface area contributed by atoms with Crippen LogP contribution in [0.1, 0.15) is 29.0 Å². The van der Waals surface area contributed by atoms with Crippen LogP contribution in [0.3, 0.4) is 0 Å². The molecule has 2 rings (SSSR count). The van der Waals surface area contributed by atoms with Crippen molar-refractivity contribution in [1.82, 2.24) is 10.3 Å². The first-order valence-electron chi connectivity index (χ1n) is 6.94. The van der Waals surface area contributed by atoms with Crippen LogP contribution < -0.4 is 10.1 Å². The normalized spacial score (nSPS) is 11.6. The number of carbonyl (C=O) groups excluding carboxylic acids is 2. The molecular formula is C16H17ClN2O4. The van der Waals surface area contributed by atoms with E-state index in [2.05, 4.69) is 10.3 Å². The summed E-state index contributed by atoms with van der Waals surface area (Å²) >= 11 is 5.70. The van der Waals surface area contributed by atoms with Crippen molar-refractivity contribution in [1.29, 1.82) is 0 Å². The molecule has 2 N–H and O–H groups in total. The molecule has 2 aromatic rings. The number of halogens is 1. The van der Waals surface area contributed by atoms with Gasteiger partial charge in [-0.2, -0.15) is 0 Å². The van der Waals surface area contributed by atoms with Crippen molar-refractivity contribution < 1.29 is 19.1 Å². The average Bonchev–Trinajstić information content (AvgIpc) is 2.99. The van der Waals surface area contributed by atoms with E-state index in [1.54, 1.807) is 7.11 Å². The van der Waals surface area contributed by atoms with Crippen LogP contribution in [0.15, 0.2) is 36.5 Å². The van der Waals surface area contributed by atoms with Gasteiger partial charge in [-0.15, -0.1) is 0 Å². The largest absolute Gasteiger partial charge is 0.496 e. The summed E-state index contributed by atoms with van der Waals surface area (Å²) in [4.78, 5) is 26.3. The summed E-state index contributed by atoms with van der Waals surface area (Å²) < 4.78 is 10.2. The van der Waals surface area contributed by atoms with Crippen molar-refractivity contribution in [3.05, 3.63) is 52.8 Å². The van der Waals surface area contributed by atoms with E-state index in [0.29, 0.717) is 10.8 Å². The summed E-state index contributed by atoms with van der Waals surface area (Å²) in [5.41, 5.74) is 1.03. The van der Waals surface area contributed by atoms with Crippen molar-refractivity contribution in [3.63, 3.8) is 0 Å². The summed E-state index contributed by atoms with van der Waals surface area (Å²) in [7, 11) is 1.57. The first-order valence-corrected chi connectivity index (χ1v) is 7.32. The minimum atomic E-state index is -0.642. The number of rotatable bonds is 6. The molecule has 0 fully saturated rings. The molecule has 1 heterocycles.